The molecule has 5 rings (SSSR count). The molecule has 2 aliphatic rings. The van der Waals surface area contributed by atoms with Crippen molar-refractivity contribution in [3.05, 3.63) is 34.7 Å². The van der Waals surface area contributed by atoms with Gasteiger partial charge in [-0.05, 0) is 49.6 Å². The molecule has 0 radical (unpaired) electrons. The first-order chi connectivity index (χ1) is 17.0. The highest BCUT2D eigenvalue weighted by Crippen LogP contribution is 2.27. The van der Waals surface area contributed by atoms with Gasteiger partial charge in [-0.15, -0.1) is 24.8 Å². The van der Waals surface area contributed by atoms with Crippen LogP contribution in [-0.2, 0) is 10.0 Å². The van der Waals surface area contributed by atoms with Gasteiger partial charge < -0.3 is 14.6 Å². The third kappa shape index (κ3) is 7.60. The molecule has 3 aromatic rings. The van der Waals surface area contributed by atoms with Crippen molar-refractivity contribution in [2.24, 2.45) is 5.92 Å². The zero-order valence-electron chi connectivity index (χ0n) is 21.0. The minimum Gasteiger partial charge on any atom is -0.494 e. The lowest BCUT2D eigenvalue weighted by atomic mass is 9.87. The van der Waals surface area contributed by atoms with Gasteiger partial charge in [0.2, 0.25) is 10.0 Å². The second-order valence-electron chi connectivity index (χ2n) is 9.87. The predicted molar refractivity (Wildman–Crippen MR) is 152 cm³/mol. The van der Waals surface area contributed by atoms with Crippen molar-refractivity contribution in [3.8, 4) is 5.75 Å². The maximum atomic E-state index is 12.8. The van der Waals surface area contributed by atoms with Crippen LogP contribution in [0.5, 0.6) is 5.75 Å². The van der Waals surface area contributed by atoms with Crippen molar-refractivity contribution in [1.82, 2.24) is 24.2 Å². The fraction of sp³-hybridized carbons (Fsp3) is 0.600. The normalized spacial score (nSPS) is 17.9. The molecule has 1 saturated carbocycles. The number of pyridine rings is 1. The SMILES string of the molecule is Cl.Cl.O=c1[nH]c2cc3cc(OCCCS(=O)(=O)N4CCN(CCC5CCCCC5)CC4)ccc3nc2[nH]1. The van der Waals surface area contributed by atoms with Crippen molar-refractivity contribution in [1.29, 1.82) is 0 Å². The van der Waals surface area contributed by atoms with Crippen LogP contribution in [-0.4, -0.2) is 77.7 Å². The number of ether oxygens (including phenoxy) is 1. The number of fused-ring (bicyclic) bond motifs is 2. The molecular formula is C25H37Cl2N5O4S. The summed E-state index contributed by atoms with van der Waals surface area (Å²) in [5.74, 6) is 1.61. The van der Waals surface area contributed by atoms with Crippen LogP contribution in [0.25, 0.3) is 22.1 Å². The Hall–Kier alpha value is -1.85. The third-order valence-electron chi connectivity index (χ3n) is 7.38. The molecule has 206 valence electrons. The Morgan fingerprint density at radius 3 is 2.51 bits per heavy atom. The van der Waals surface area contributed by atoms with Crippen LogP contribution in [0, 0.1) is 5.92 Å². The number of aromatic nitrogens is 3. The first-order valence-electron chi connectivity index (χ1n) is 12.8. The van der Waals surface area contributed by atoms with E-state index in [-0.39, 0.29) is 36.3 Å². The predicted octanol–water partition coefficient (Wildman–Crippen LogP) is 3.93. The van der Waals surface area contributed by atoms with Gasteiger partial charge in [0.25, 0.3) is 0 Å². The van der Waals surface area contributed by atoms with Gasteiger partial charge in [0.05, 0.1) is 23.4 Å². The number of benzene rings is 1. The molecular weight excluding hydrogens is 537 g/mol. The summed E-state index contributed by atoms with van der Waals surface area (Å²) in [6, 6.07) is 7.35. The highest BCUT2D eigenvalue weighted by atomic mass is 35.5. The van der Waals surface area contributed by atoms with E-state index < -0.39 is 10.0 Å². The molecule has 2 fully saturated rings. The average Bonchev–Trinajstić information content (AvgIpc) is 3.23. The van der Waals surface area contributed by atoms with Crippen LogP contribution in [0.1, 0.15) is 44.9 Å². The fourth-order valence-electron chi connectivity index (χ4n) is 5.33. The van der Waals surface area contributed by atoms with Crippen molar-refractivity contribution >= 4 is 56.9 Å². The second-order valence-corrected chi connectivity index (χ2v) is 12.0. The summed E-state index contributed by atoms with van der Waals surface area (Å²) in [6.45, 7) is 4.24. The van der Waals surface area contributed by atoms with Crippen LogP contribution >= 0.6 is 24.8 Å². The van der Waals surface area contributed by atoms with Gasteiger partial charge >= 0.3 is 5.69 Å². The molecule has 0 amide bonds. The smallest absolute Gasteiger partial charge is 0.325 e. The number of hydrogen-bond donors (Lipinski definition) is 2. The summed E-state index contributed by atoms with van der Waals surface area (Å²) in [4.78, 5) is 23.7. The number of nitrogens with zero attached hydrogens (tertiary/aromatic N) is 3. The topological polar surface area (TPSA) is 111 Å². The Morgan fingerprint density at radius 1 is 1.00 bits per heavy atom. The summed E-state index contributed by atoms with van der Waals surface area (Å²) in [7, 11) is -3.27. The average molecular weight is 575 g/mol. The van der Waals surface area contributed by atoms with Crippen LogP contribution < -0.4 is 10.4 Å². The molecule has 12 heteroatoms. The van der Waals surface area contributed by atoms with E-state index in [2.05, 4.69) is 19.9 Å². The molecule has 0 spiro atoms. The summed E-state index contributed by atoms with van der Waals surface area (Å²) in [5.41, 5.74) is 1.62. The van der Waals surface area contributed by atoms with Gasteiger partial charge in [0.15, 0.2) is 5.65 Å². The largest absolute Gasteiger partial charge is 0.494 e. The Balaban J connectivity index is 0.00000190. The standard InChI is InChI=1S/C25H35N5O4S.2ClH/c31-25-27-23-18-20-17-21(7-8-22(20)26-24(23)28-25)34-15-4-16-35(32,33)30-13-11-29(12-14-30)10-9-19-5-2-1-3-6-19;;/h7-8,17-19H,1-6,9-16H2,(H2,26,27,28,31);2*1H. The van der Waals surface area contributed by atoms with E-state index in [1.165, 1.54) is 38.5 Å². The molecule has 37 heavy (non-hydrogen) atoms. The molecule has 2 aromatic heterocycles. The Morgan fingerprint density at radius 2 is 1.76 bits per heavy atom. The fourth-order valence-corrected chi connectivity index (χ4v) is 6.79. The van der Waals surface area contributed by atoms with Gasteiger partial charge in [-0.3, -0.25) is 4.98 Å². The molecule has 0 atom stereocenters. The summed E-state index contributed by atoms with van der Waals surface area (Å²) in [6.07, 6.45) is 8.55. The number of hydrogen-bond acceptors (Lipinski definition) is 6. The first-order valence-corrected chi connectivity index (χ1v) is 14.4. The lowest BCUT2D eigenvalue weighted by molar-refractivity contribution is 0.171. The van der Waals surface area contributed by atoms with Crippen LogP contribution in [0.2, 0.25) is 0 Å². The Kier molecular flexibility index (Phi) is 10.7. The molecule has 9 nitrogen and oxygen atoms in total. The monoisotopic (exact) mass is 573 g/mol. The Bertz CT molecular complexity index is 1320. The van der Waals surface area contributed by atoms with Gasteiger partial charge in [0.1, 0.15) is 5.75 Å². The third-order valence-corrected chi connectivity index (χ3v) is 9.34. The van der Waals surface area contributed by atoms with Crippen LogP contribution in [0.4, 0.5) is 0 Å². The van der Waals surface area contributed by atoms with E-state index >= 15 is 0 Å². The second kappa shape index (κ2) is 13.3. The van der Waals surface area contributed by atoms with Crippen LogP contribution in [0.15, 0.2) is 29.1 Å². The maximum Gasteiger partial charge on any atom is 0.325 e. The van der Waals surface area contributed by atoms with Gasteiger partial charge in [-0.2, -0.15) is 4.31 Å². The number of imidazole rings is 1. The molecule has 1 aromatic carbocycles. The number of aromatic amines is 2. The quantitative estimate of drug-likeness (QED) is 0.375. The number of nitrogens with one attached hydrogen (secondary N) is 2. The van der Waals surface area contributed by atoms with Gasteiger partial charge in [-0.25, -0.2) is 18.2 Å². The van der Waals surface area contributed by atoms with E-state index in [0.29, 0.717) is 43.0 Å². The maximum absolute atomic E-state index is 12.8. The number of rotatable bonds is 9. The van der Waals surface area contributed by atoms with Crippen LogP contribution in [0.3, 0.4) is 0 Å². The molecule has 3 heterocycles. The van der Waals surface area contributed by atoms with Gasteiger partial charge in [-0.1, -0.05) is 32.1 Å². The minimum absolute atomic E-state index is 0. The van der Waals surface area contributed by atoms with Crippen molar-refractivity contribution in [2.75, 3.05) is 45.1 Å². The zero-order valence-corrected chi connectivity index (χ0v) is 23.4. The van der Waals surface area contributed by atoms with E-state index in [0.717, 1.165) is 36.5 Å². The van der Waals surface area contributed by atoms with Crippen molar-refractivity contribution < 1.29 is 13.2 Å². The number of piperazine rings is 1. The van der Waals surface area contributed by atoms with Crippen molar-refractivity contribution in [3.63, 3.8) is 0 Å². The highest BCUT2D eigenvalue weighted by molar-refractivity contribution is 7.89. The van der Waals surface area contributed by atoms with E-state index in [9.17, 15) is 13.2 Å². The summed E-state index contributed by atoms with van der Waals surface area (Å²) >= 11 is 0. The first kappa shape index (κ1) is 29.7. The molecule has 1 aliphatic carbocycles. The van der Waals surface area contributed by atoms with E-state index in [4.69, 9.17) is 4.74 Å². The highest BCUT2D eigenvalue weighted by Gasteiger charge is 2.27. The van der Waals surface area contributed by atoms with E-state index in [1.54, 1.807) is 4.31 Å². The summed E-state index contributed by atoms with van der Waals surface area (Å²) in [5, 5.41) is 0.847. The number of H-pyrrole nitrogens is 2. The lowest BCUT2D eigenvalue weighted by Gasteiger charge is -2.35. The molecule has 1 aliphatic heterocycles. The molecule has 0 unspecified atom stereocenters. The lowest BCUT2D eigenvalue weighted by Crippen LogP contribution is -2.49. The Labute approximate surface area is 230 Å². The molecule has 1 saturated heterocycles. The zero-order chi connectivity index (χ0) is 24.3. The van der Waals surface area contributed by atoms with Crippen molar-refractivity contribution in [2.45, 2.75) is 44.9 Å². The molecule has 2 N–H and O–H groups in total. The molecule has 0 bridgehead atoms. The summed E-state index contributed by atoms with van der Waals surface area (Å²) < 4.78 is 33.1. The van der Waals surface area contributed by atoms with E-state index in [1.807, 2.05) is 24.3 Å². The number of sulfonamides is 1. The minimum atomic E-state index is -3.27. The van der Waals surface area contributed by atoms with Gasteiger partial charge in [0, 0.05) is 31.6 Å². The number of halogens is 2.